The number of aliphatic carboxylic acids is 1. The lowest BCUT2D eigenvalue weighted by Gasteiger charge is -1.98. The summed E-state index contributed by atoms with van der Waals surface area (Å²) in [5, 5.41) is 12.8. The highest BCUT2D eigenvalue weighted by Crippen LogP contribution is 2.11. The number of carboxylic acid groups (broad SMARTS) is 1. The van der Waals surface area contributed by atoms with E-state index in [4.69, 9.17) is 5.11 Å². The first-order chi connectivity index (χ1) is 9.77. The number of hydrogen-bond donors (Lipinski definition) is 1. The Hall–Kier alpha value is -0.700. The molecular weight excluding hydrogens is 268 g/mol. The summed E-state index contributed by atoms with van der Waals surface area (Å²) in [7, 11) is 0. The van der Waals surface area contributed by atoms with Gasteiger partial charge in [-0.05, 0) is 42.9 Å². The van der Waals surface area contributed by atoms with E-state index >= 15 is 0 Å². The molecule has 20 heavy (non-hydrogen) atoms. The standard InChI is InChI=1S/C17H30O2S/c1-2-3-4-9-12-15-20-16-13-10-7-5-6-8-11-14-17(18)19/h12-13,15-16H,2-11,14H2,1H3,(H,18,19). The minimum atomic E-state index is -0.673. The fraction of sp³-hybridized carbons (Fsp3) is 0.706. The van der Waals surface area contributed by atoms with E-state index in [1.807, 2.05) is 0 Å². The monoisotopic (exact) mass is 298 g/mol. The van der Waals surface area contributed by atoms with Crippen molar-refractivity contribution in [1.82, 2.24) is 0 Å². The Labute approximate surface area is 128 Å². The Balaban J connectivity index is 3.17. The molecule has 0 rings (SSSR count). The average Bonchev–Trinajstić information content (AvgIpc) is 2.43. The van der Waals surface area contributed by atoms with Gasteiger partial charge in [-0.15, -0.1) is 11.8 Å². The summed E-state index contributed by atoms with van der Waals surface area (Å²) in [6.07, 6.45) is 16.5. The van der Waals surface area contributed by atoms with E-state index in [0.29, 0.717) is 6.42 Å². The summed E-state index contributed by atoms with van der Waals surface area (Å²) in [6, 6.07) is 0. The summed E-state index contributed by atoms with van der Waals surface area (Å²) >= 11 is 1.76. The topological polar surface area (TPSA) is 37.3 Å². The third-order valence-corrected chi connectivity index (χ3v) is 3.78. The fourth-order valence-electron chi connectivity index (χ4n) is 1.87. The van der Waals surface area contributed by atoms with Crippen LogP contribution in [0.3, 0.4) is 0 Å². The molecule has 0 saturated heterocycles. The van der Waals surface area contributed by atoms with Crippen molar-refractivity contribution in [3.63, 3.8) is 0 Å². The number of carbonyl (C=O) groups is 1. The zero-order chi connectivity index (χ0) is 14.9. The van der Waals surface area contributed by atoms with Crippen molar-refractivity contribution in [3.8, 4) is 0 Å². The molecule has 0 radical (unpaired) electrons. The molecule has 116 valence electrons. The second-order valence-electron chi connectivity index (χ2n) is 5.08. The van der Waals surface area contributed by atoms with Gasteiger partial charge < -0.3 is 5.11 Å². The maximum Gasteiger partial charge on any atom is 0.303 e. The molecular formula is C17H30O2S. The second-order valence-corrected chi connectivity index (χ2v) is 5.89. The minimum Gasteiger partial charge on any atom is -0.481 e. The molecule has 1 N–H and O–H groups in total. The van der Waals surface area contributed by atoms with Crippen molar-refractivity contribution in [1.29, 1.82) is 0 Å². The summed E-state index contributed by atoms with van der Waals surface area (Å²) in [5.74, 6) is -0.673. The molecule has 0 saturated carbocycles. The quantitative estimate of drug-likeness (QED) is 0.391. The van der Waals surface area contributed by atoms with Gasteiger partial charge in [0, 0.05) is 6.42 Å². The number of hydrogen-bond acceptors (Lipinski definition) is 2. The zero-order valence-corrected chi connectivity index (χ0v) is 13.7. The van der Waals surface area contributed by atoms with Gasteiger partial charge in [0.15, 0.2) is 0 Å². The van der Waals surface area contributed by atoms with Gasteiger partial charge in [-0.25, -0.2) is 0 Å². The van der Waals surface area contributed by atoms with Crippen LogP contribution in [0.2, 0.25) is 0 Å². The normalized spacial score (nSPS) is 11.7. The van der Waals surface area contributed by atoms with Gasteiger partial charge >= 0.3 is 5.97 Å². The van der Waals surface area contributed by atoms with E-state index in [2.05, 4.69) is 29.9 Å². The van der Waals surface area contributed by atoms with Gasteiger partial charge in [-0.1, -0.05) is 51.2 Å². The predicted molar refractivity (Wildman–Crippen MR) is 90.0 cm³/mol. The first-order valence-corrected chi connectivity index (χ1v) is 8.89. The minimum absolute atomic E-state index is 0.321. The molecule has 0 aliphatic heterocycles. The molecule has 0 spiro atoms. The Bertz CT molecular complexity index is 272. The first kappa shape index (κ1) is 19.3. The highest BCUT2D eigenvalue weighted by Gasteiger charge is 1.95. The van der Waals surface area contributed by atoms with Crippen LogP contribution < -0.4 is 0 Å². The van der Waals surface area contributed by atoms with Crippen LogP contribution in [0.15, 0.2) is 23.0 Å². The van der Waals surface area contributed by atoms with Crippen LogP contribution in [0.25, 0.3) is 0 Å². The predicted octanol–water partition coefficient (Wildman–Crippen LogP) is 6.14. The van der Waals surface area contributed by atoms with Crippen LogP contribution in [0.4, 0.5) is 0 Å². The molecule has 0 fully saturated rings. The van der Waals surface area contributed by atoms with Crippen LogP contribution in [0.5, 0.6) is 0 Å². The molecule has 0 heterocycles. The molecule has 0 aliphatic carbocycles. The number of rotatable bonds is 14. The van der Waals surface area contributed by atoms with Crippen LogP contribution in [-0.2, 0) is 4.79 Å². The molecule has 0 atom stereocenters. The van der Waals surface area contributed by atoms with E-state index < -0.39 is 5.97 Å². The van der Waals surface area contributed by atoms with Crippen molar-refractivity contribution in [3.05, 3.63) is 23.0 Å². The molecule has 0 amide bonds. The van der Waals surface area contributed by atoms with Gasteiger partial charge in [0.2, 0.25) is 0 Å². The highest BCUT2D eigenvalue weighted by atomic mass is 32.2. The second kappa shape index (κ2) is 16.4. The molecule has 0 bridgehead atoms. The summed E-state index contributed by atoms with van der Waals surface area (Å²) in [6.45, 7) is 2.23. The Morgan fingerprint density at radius 2 is 1.45 bits per heavy atom. The van der Waals surface area contributed by atoms with Gasteiger partial charge in [-0.2, -0.15) is 0 Å². The van der Waals surface area contributed by atoms with Crippen molar-refractivity contribution in [2.45, 2.75) is 77.6 Å². The first-order valence-electron chi connectivity index (χ1n) is 7.94. The van der Waals surface area contributed by atoms with Gasteiger partial charge in [0.25, 0.3) is 0 Å². The van der Waals surface area contributed by atoms with Crippen molar-refractivity contribution in [2.24, 2.45) is 0 Å². The third-order valence-electron chi connectivity index (χ3n) is 3.09. The van der Waals surface area contributed by atoms with Crippen LogP contribution in [0, 0.1) is 0 Å². The van der Waals surface area contributed by atoms with E-state index in [1.165, 1.54) is 38.5 Å². The molecule has 2 nitrogen and oxygen atoms in total. The lowest BCUT2D eigenvalue weighted by atomic mass is 10.1. The number of thioether (sulfide) groups is 1. The van der Waals surface area contributed by atoms with Gasteiger partial charge in [0.05, 0.1) is 0 Å². The summed E-state index contributed by atoms with van der Waals surface area (Å²) in [4.78, 5) is 10.3. The summed E-state index contributed by atoms with van der Waals surface area (Å²) < 4.78 is 0. The lowest BCUT2D eigenvalue weighted by Crippen LogP contribution is -1.93. The molecule has 0 aromatic heterocycles. The van der Waals surface area contributed by atoms with Crippen LogP contribution in [-0.4, -0.2) is 11.1 Å². The number of allylic oxidation sites excluding steroid dienone is 2. The molecule has 0 aromatic rings. The molecule has 0 aliphatic rings. The van der Waals surface area contributed by atoms with Gasteiger partial charge in [-0.3, -0.25) is 4.79 Å². The van der Waals surface area contributed by atoms with Crippen molar-refractivity contribution < 1.29 is 9.90 Å². The fourth-order valence-corrected chi connectivity index (χ4v) is 2.46. The largest absolute Gasteiger partial charge is 0.481 e. The molecule has 0 unspecified atom stereocenters. The van der Waals surface area contributed by atoms with Gasteiger partial charge in [0.1, 0.15) is 0 Å². The number of unbranched alkanes of at least 4 members (excludes halogenated alkanes) is 8. The Morgan fingerprint density at radius 3 is 2.05 bits per heavy atom. The maximum atomic E-state index is 10.3. The van der Waals surface area contributed by atoms with Crippen molar-refractivity contribution in [2.75, 3.05) is 0 Å². The zero-order valence-electron chi connectivity index (χ0n) is 12.9. The highest BCUT2D eigenvalue weighted by molar-refractivity contribution is 8.04. The van der Waals surface area contributed by atoms with Crippen LogP contribution >= 0.6 is 11.8 Å². The van der Waals surface area contributed by atoms with E-state index in [-0.39, 0.29) is 0 Å². The third kappa shape index (κ3) is 17.3. The van der Waals surface area contributed by atoms with E-state index in [1.54, 1.807) is 11.8 Å². The van der Waals surface area contributed by atoms with Crippen LogP contribution in [0.1, 0.15) is 77.6 Å². The van der Waals surface area contributed by atoms with E-state index in [0.717, 1.165) is 25.7 Å². The van der Waals surface area contributed by atoms with E-state index in [9.17, 15) is 4.79 Å². The average molecular weight is 298 g/mol. The van der Waals surface area contributed by atoms with Crippen molar-refractivity contribution >= 4 is 17.7 Å². The molecule has 0 aromatic carbocycles. The Morgan fingerprint density at radius 1 is 0.900 bits per heavy atom. The maximum absolute atomic E-state index is 10.3. The lowest BCUT2D eigenvalue weighted by molar-refractivity contribution is -0.137. The smallest absolute Gasteiger partial charge is 0.303 e. The number of carboxylic acids is 1. The Kier molecular flexibility index (Phi) is 15.8. The summed E-state index contributed by atoms with van der Waals surface area (Å²) in [5.41, 5.74) is 0. The SMILES string of the molecule is CCCCCC=CSC=CCCCCCCCC(=O)O. The molecule has 3 heteroatoms.